The van der Waals surface area contributed by atoms with E-state index in [9.17, 15) is 4.39 Å². The molecule has 0 radical (unpaired) electrons. The van der Waals surface area contributed by atoms with Crippen LogP contribution in [-0.2, 0) is 6.42 Å². The Hall–Kier alpha value is -1.55. The molecule has 0 heterocycles. The van der Waals surface area contributed by atoms with Gasteiger partial charge in [-0.2, -0.15) is 0 Å². The molecule has 1 N–H and O–H groups in total. The van der Waals surface area contributed by atoms with Gasteiger partial charge < -0.3 is 10.2 Å². The van der Waals surface area contributed by atoms with Crippen molar-refractivity contribution in [1.82, 2.24) is 0 Å². The molecule has 0 fully saturated rings. The number of benzene rings is 2. The van der Waals surface area contributed by atoms with E-state index in [0.717, 1.165) is 21.4 Å². The maximum Gasteiger partial charge on any atom is 0.126 e. The highest BCUT2D eigenvalue weighted by atomic mass is 79.9. The summed E-state index contributed by atoms with van der Waals surface area (Å²) in [6.07, 6.45) is 0.645. The number of anilines is 2. The van der Waals surface area contributed by atoms with Crippen molar-refractivity contribution in [3.8, 4) is 0 Å². The second-order valence-electron chi connectivity index (χ2n) is 5.40. The van der Waals surface area contributed by atoms with Crippen molar-refractivity contribution in [3.63, 3.8) is 0 Å². The second kappa shape index (κ2) is 6.94. The Morgan fingerprint density at radius 2 is 1.90 bits per heavy atom. The minimum atomic E-state index is -0.145. The Morgan fingerprint density at radius 1 is 1.19 bits per heavy atom. The van der Waals surface area contributed by atoms with Crippen molar-refractivity contribution in [2.45, 2.75) is 19.4 Å². The molecule has 0 spiro atoms. The predicted molar refractivity (Wildman–Crippen MR) is 91.7 cm³/mol. The summed E-state index contributed by atoms with van der Waals surface area (Å²) in [5, 5.41) is 3.47. The third-order valence-electron chi connectivity index (χ3n) is 3.33. The third kappa shape index (κ3) is 4.21. The van der Waals surface area contributed by atoms with Crippen LogP contribution < -0.4 is 10.2 Å². The van der Waals surface area contributed by atoms with E-state index in [-0.39, 0.29) is 11.9 Å². The molecule has 112 valence electrons. The minimum Gasteiger partial charge on any atom is -0.381 e. The van der Waals surface area contributed by atoms with E-state index in [1.165, 1.54) is 6.07 Å². The van der Waals surface area contributed by atoms with E-state index in [1.807, 2.05) is 38.4 Å². The molecular formula is C17H20BrFN2. The summed E-state index contributed by atoms with van der Waals surface area (Å²) in [4.78, 5) is 2.06. The van der Waals surface area contributed by atoms with E-state index in [2.05, 4.69) is 39.1 Å². The number of hydrogen-bond acceptors (Lipinski definition) is 2. The first-order valence-corrected chi connectivity index (χ1v) is 7.73. The zero-order chi connectivity index (χ0) is 15.4. The fourth-order valence-corrected chi connectivity index (χ4v) is 2.69. The number of nitrogens with zero attached hydrogens (tertiary/aromatic N) is 1. The van der Waals surface area contributed by atoms with Crippen LogP contribution in [0.3, 0.4) is 0 Å². The third-order valence-corrected chi connectivity index (χ3v) is 3.82. The number of nitrogens with one attached hydrogen (secondary N) is 1. The Morgan fingerprint density at radius 3 is 2.57 bits per heavy atom. The fraction of sp³-hybridized carbons (Fsp3) is 0.294. The highest BCUT2D eigenvalue weighted by Crippen LogP contribution is 2.29. The van der Waals surface area contributed by atoms with Crippen molar-refractivity contribution < 1.29 is 4.39 Å². The van der Waals surface area contributed by atoms with Crippen LogP contribution in [0.4, 0.5) is 15.8 Å². The molecule has 0 aromatic heterocycles. The van der Waals surface area contributed by atoms with Crippen LogP contribution in [0.5, 0.6) is 0 Å². The molecule has 1 unspecified atom stereocenters. The van der Waals surface area contributed by atoms with E-state index in [0.29, 0.717) is 6.42 Å². The summed E-state index contributed by atoms with van der Waals surface area (Å²) in [7, 11) is 4.02. The van der Waals surface area contributed by atoms with Crippen molar-refractivity contribution >= 4 is 27.3 Å². The largest absolute Gasteiger partial charge is 0.381 e. The average Bonchev–Trinajstić information content (AvgIpc) is 2.41. The lowest BCUT2D eigenvalue weighted by Gasteiger charge is -2.22. The SMILES string of the molecule is CC(Cc1ccccc1F)Nc1cc(Br)ccc1N(C)C. The van der Waals surface area contributed by atoms with E-state index >= 15 is 0 Å². The highest BCUT2D eigenvalue weighted by molar-refractivity contribution is 9.10. The summed E-state index contributed by atoms with van der Waals surface area (Å²) in [6, 6.07) is 13.2. The molecule has 2 aromatic rings. The first kappa shape index (κ1) is 15.8. The van der Waals surface area contributed by atoms with Gasteiger partial charge in [-0.3, -0.25) is 0 Å². The number of hydrogen-bond donors (Lipinski definition) is 1. The minimum absolute atomic E-state index is 0.134. The lowest BCUT2D eigenvalue weighted by Crippen LogP contribution is -2.21. The fourth-order valence-electron chi connectivity index (χ4n) is 2.32. The molecule has 21 heavy (non-hydrogen) atoms. The van der Waals surface area contributed by atoms with Gasteiger partial charge in [0.1, 0.15) is 5.82 Å². The molecule has 0 saturated carbocycles. The molecule has 0 saturated heterocycles. The van der Waals surface area contributed by atoms with Gasteiger partial charge in [0.15, 0.2) is 0 Å². The Bertz CT molecular complexity index is 613. The molecule has 0 aliphatic carbocycles. The molecule has 0 aliphatic rings. The van der Waals surface area contributed by atoms with Gasteiger partial charge in [0.05, 0.1) is 11.4 Å². The summed E-state index contributed by atoms with van der Waals surface area (Å²) < 4.78 is 14.7. The molecule has 0 bridgehead atoms. The van der Waals surface area contributed by atoms with Gasteiger partial charge in [-0.15, -0.1) is 0 Å². The quantitative estimate of drug-likeness (QED) is 0.840. The maximum absolute atomic E-state index is 13.7. The molecule has 2 aromatic carbocycles. The predicted octanol–water partition coefficient (Wildman–Crippen LogP) is 4.70. The van der Waals surface area contributed by atoms with Gasteiger partial charge in [0.25, 0.3) is 0 Å². The Balaban J connectivity index is 2.14. The lowest BCUT2D eigenvalue weighted by atomic mass is 10.1. The lowest BCUT2D eigenvalue weighted by molar-refractivity contribution is 0.601. The van der Waals surface area contributed by atoms with Crippen LogP contribution in [0.1, 0.15) is 12.5 Å². The molecule has 4 heteroatoms. The van der Waals surface area contributed by atoms with Crippen LogP contribution in [0, 0.1) is 5.82 Å². The monoisotopic (exact) mass is 350 g/mol. The molecule has 0 amide bonds. The van der Waals surface area contributed by atoms with Gasteiger partial charge in [-0.1, -0.05) is 34.1 Å². The van der Waals surface area contributed by atoms with Gasteiger partial charge in [-0.25, -0.2) is 4.39 Å². The first-order valence-electron chi connectivity index (χ1n) is 6.94. The molecule has 1 atom stereocenters. The smallest absolute Gasteiger partial charge is 0.126 e. The maximum atomic E-state index is 13.7. The Kier molecular flexibility index (Phi) is 5.23. The normalized spacial score (nSPS) is 12.0. The van der Waals surface area contributed by atoms with Crippen molar-refractivity contribution in [3.05, 3.63) is 58.3 Å². The van der Waals surface area contributed by atoms with Crippen molar-refractivity contribution in [2.24, 2.45) is 0 Å². The van der Waals surface area contributed by atoms with Crippen LogP contribution in [0.15, 0.2) is 46.9 Å². The van der Waals surface area contributed by atoms with Crippen LogP contribution in [0.2, 0.25) is 0 Å². The zero-order valence-corrected chi connectivity index (χ0v) is 14.1. The first-order chi connectivity index (χ1) is 9.97. The molecule has 2 nitrogen and oxygen atoms in total. The topological polar surface area (TPSA) is 15.3 Å². The summed E-state index contributed by atoms with van der Waals surface area (Å²) in [5.74, 6) is -0.145. The molecular weight excluding hydrogens is 331 g/mol. The van der Waals surface area contributed by atoms with Crippen LogP contribution in [0.25, 0.3) is 0 Å². The molecule has 0 aliphatic heterocycles. The zero-order valence-electron chi connectivity index (χ0n) is 12.5. The van der Waals surface area contributed by atoms with Crippen molar-refractivity contribution in [2.75, 3.05) is 24.3 Å². The molecule has 2 rings (SSSR count). The van der Waals surface area contributed by atoms with Gasteiger partial charge in [0, 0.05) is 24.6 Å². The average molecular weight is 351 g/mol. The van der Waals surface area contributed by atoms with Gasteiger partial charge >= 0.3 is 0 Å². The number of halogens is 2. The van der Waals surface area contributed by atoms with E-state index in [1.54, 1.807) is 6.07 Å². The summed E-state index contributed by atoms with van der Waals surface area (Å²) >= 11 is 3.50. The van der Waals surface area contributed by atoms with E-state index < -0.39 is 0 Å². The van der Waals surface area contributed by atoms with Crippen LogP contribution >= 0.6 is 15.9 Å². The standard InChI is InChI=1S/C17H20BrFN2/c1-12(10-13-6-4-5-7-15(13)19)20-16-11-14(18)8-9-17(16)21(2)3/h4-9,11-12,20H,10H2,1-3H3. The summed E-state index contributed by atoms with van der Waals surface area (Å²) in [5.41, 5.74) is 2.88. The number of rotatable bonds is 5. The van der Waals surface area contributed by atoms with Gasteiger partial charge in [-0.05, 0) is 43.2 Å². The van der Waals surface area contributed by atoms with E-state index in [4.69, 9.17) is 0 Å². The van der Waals surface area contributed by atoms with Crippen LogP contribution in [-0.4, -0.2) is 20.1 Å². The van der Waals surface area contributed by atoms with Gasteiger partial charge in [0.2, 0.25) is 0 Å². The van der Waals surface area contributed by atoms with Crippen molar-refractivity contribution in [1.29, 1.82) is 0 Å². The second-order valence-corrected chi connectivity index (χ2v) is 6.31. The highest BCUT2D eigenvalue weighted by Gasteiger charge is 2.11. The Labute approximate surface area is 134 Å². The summed E-state index contributed by atoms with van der Waals surface area (Å²) in [6.45, 7) is 2.06.